The largest absolute Gasteiger partial charge is 0.458 e. The number of rotatable bonds is 8. The summed E-state index contributed by atoms with van der Waals surface area (Å²) < 4.78 is 16.8. The normalized spacial score (nSPS) is 15.2. The molecule has 0 bridgehead atoms. The molecule has 1 saturated heterocycles. The van der Waals surface area contributed by atoms with E-state index >= 15 is 0 Å². The van der Waals surface area contributed by atoms with Crippen LogP contribution in [0.2, 0.25) is 0 Å². The van der Waals surface area contributed by atoms with Crippen LogP contribution in [0.5, 0.6) is 11.5 Å². The number of hydrogen-bond donors (Lipinski definition) is 0. The summed E-state index contributed by atoms with van der Waals surface area (Å²) >= 11 is 0. The Morgan fingerprint density at radius 2 is 1.62 bits per heavy atom. The van der Waals surface area contributed by atoms with E-state index in [1.54, 1.807) is 0 Å². The van der Waals surface area contributed by atoms with E-state index in [0.717, 1.165) is 57.2 Å². The predicted octanol–water partition coefficient (Wildman–Crippen LogP) is 3.37. The van der Waals surface area contributed by atoms with Gasteiger partial charge >= 0.3 is 0 Å². The molecule has 0 saturated carbocycles. The van der Waals surface area contributed by atoms with Gasteiger partial charge in [0.05, 0.1) is 13.2 Å². The van der Waals surface area contributed by atoms with Crippen molar-refractivity contribution in [1.29, 1.82) is 0 Å². The molecule has 0 spiro atoms. The lowest BCUT2D eigenvalue weighted by Crippen LogP contribution is -2.36. The average molecular weight is 327 g/mol. The Hall–Kier alpha value is -2.04. The summed E-state index contributed by atoms with van der Waals surface area (Å²) in [7, 11) is 0. The first kappa shape index (κ1) is 16.8. The number of hydrogen-bond acceptors (Lipinski definition) is 4. The van der Waals surface area contributed by atoms with Gasteiger partial charge in [-0.15, -0.1) is 0 Å². The van der Waals surface area contributed by atoms with Crippen LogP contribution in [0.3, 0.4) is 0 Å². The maximum absolute atomic E-state index is 5.83. The summed E-state index contributed by atoms with van der Waals surface area (Å²) in [6, 6.07) is 17.9. The van der Waals surface area contributed by atoms with E-state index in [0.29, 0.717) is 0 Å². The van der Waals surface area contributed by atoms with Crippen LogP contribution in [0.1, 0.15) is 12.0 Å². The standard InChI is InChI=1S/C20H25NO3/c1-2-9-19(10-3-1)23-17-24-20-11-5-4-7-18(20)8-6-12-21-13-15-22-16-14-21/h1-5,7,9-11H,6,8,12-17H2. The van der Waals surface area contributed by atoms with Gasteiger partial charge in [-0.1, -0.05) is 36.4 Å². The molecule has 2 aromatic carbocycles. The highest BCUT2D eigenvalue weighted by Gasteiger charge is 2.10. The summed E-state index contributed by atoms with van der Waals surface area (Å²) in [5.74, 6) is 1.73. The maximum atomic E-state index is 5.83. The van der Waals surface area contributed by atoms with Gasteiger partial charge in [-0.2, -0.15) is 0 Å². The summed E-state index contributed by atoms with van der Waals surface area (Å²) in [6.45, 7) is 5.14. The van der Waals surface area contributed by atoms with Crippen LogP contribution in [0.15, 0.2) is 54.6 Å². The monoisotopic (exact) mass is 327 g/mol. The summed E-state index contributed by atoms with van der Waals surface area (Å²) in [6.07, 6.45) is 2.14. The third-order valence-electron chi connectivity index (χ3n) is 4.18. The Morgan fingerprint density at radius 1 is 0.875 bits per heavy atom. The Morgan fingerprint density at radius 3 is 2.46 bits per heavy atom. The van der Waals surface area contributed by atoms with E-state index in [2.05, 4.69) is 17.0 Å². The first-order chi connectivity index (χ1) is 11.9. The second-order valence-corrected chi connectivity index (χ2v) is 5.88. The van der Waals surface area contributed by atoms with Gasteiger partial charge in [0.2, 0.25) is 6.79 Å². The van der Waals surface area contributed by atoms with Crippen LogP contribution in [0, 0.1) is 0 Å². The molecular weight excluding hydrogens is 302 g/mol. The molecular formula is C20H25NO3. The van der Waals surface area contributed by atoms with Crippen molar-refractivity contribution >= 4 is 0 Å². The molecule has 0 N–H and O–H groups in total. The van der Waals surface area contributed by atoms with Crippen molar-refractivity contribution in [3.8, 4) is 11.5 Å². The van der Waals surface area contributed by atoms with Crippen molar-refractivity contribution in [1.82, 2.24) is 4.90 Å². The molecule has 1 aliphatic rings. The zero-order chi connectivity index (χ0) is 16.5. The fourth-order valence-electron chi connectivity index (χ4n) is 2.85. The quantitative estimate of drug-likeness (QED) is 0.696. The van der Waals surface area contributed by atoms with Crippen LogP contribution in [0.4, 0.5) is 0 Å². The summed E-state index contributed by atoms with van der Waals surface area (Å²) in [5, 5.41) is 0. The molecule has 1 aliphatic heterocycles. The van der Waals surface area contributed by atoms with Crippen molar-refractivity contribution in [2.75, 3.05) is 39.6 Å². The molecule has 1 fully saturated rings. The highest BCUT2D eigenvalue weighted by Crippen LogP contribution is 2.20. The first-order valence-electron chi connectivity index (χ1n) is 8.60. The second-order valence-electron chi connectivity index (χ2n) is 5.88. The van der Waals surface area contributed by atoms with Crippen LogP contribution in [-0.2, 0) is 11.2 Å². The van der Waals surface area contributed by atoms with E-state index in [9.17, 15) is 0 Å². The minimum atomic E-state index is 0.227. The average Bonchev–Trinajstić information content (AvgIpc) is 2.65. The molecule has 4 heteroatoms. The fourth-order valence-corrected chi connectivity index (χ4v) is 2.85. The zero-order valence-corrected chi connectivity index (χ0v) is 14.0. The number of para-hydroxylation sites is 2. The van der Waals surface area contributed by atoms with E-state index in [-0.39, 0.29) is 6.79 Å². The van der Waals surface area contributed by atoms with Crippen molar-refractivity contribution in [3.05, 3.63) is 60.2 Å². The maximum Gasteiger partial charge on any atom is 0.230 e. The Bertz CT molecular complexity index is 597. The summed E-state index contributed by atoms with van der Waals surface area (Å²) in [5.41, 5.74) is 1.24. The Labute approximate surface area is 144 Å². The molecule has 0 atom stereocenters. The van der Waals surface area contributed by atoms with Gasteiger partial charge in [0.25, 0.3) is 0 Å². The van der Waals surface area contributed by atoms with Crippen molar-refractivity contribution in [3.63, 3.8) is 0 Å². The lowest BCUT2D eigenvalue weighted by atomic mass is 10.1. The van der Waals surface area contributed by atoms with Gasteiger partial charge in [-0.05, 0) is 43.1 Å². The summed E-state index contributed by atoms with van der Waals surface area (Å²) in [4.78, 5) is 2.46. The third kappa shape index (κ3) is 5.25. The first-order valence-corrected chi connectivity index (χ1v) is 8.60. The molecule has 0 aromatic heterocycles. The SMILES string of the molecule is c1ccc(OCOc2ccccc2CCCN2CCOCC2)cc1. The van der Waals surface area contributed by atoms with Gasteiger partial charge in [-0.25, -0.2) is 0 Å². The third-order valence-corrected chi connectivity index (χ3v) is 4.18. The van der Waals surface area contributed by atoms with Crippen molar-refractivity contribution in [2.45, 2.75) is 12.8 Å². The Kier molecular flexibility index (Phi) is 6.51. The van der Waals surface area contributed by atoms with E-state index in [1.807, 2.05) is 42.5 Å². The van der Waals surface area contributed by atoms with E-state index in [1.165, 1.54) is 5.56 Å². The number of ether oxygens (including phenoxy) is 3. The highest BCUT2D eigenvalue weighted by molar-refractivity contribution is 5.33. The Balaban J connectivity index is 1.45. The minimum Gasteiger partial charge on any atom is -0.458 e. The number of morpholine rings is 1. The number of benzene rings is 2. The lowest BCUT2D eigenvalue weighted by molar-refractivity contribution is 0.0374. The number of nitrogens with zero attached hydrogens (tertiary/aromatic N) is 1. The molecule has 0 radical (unpaired) electrons. The lowest BCUT2D eigenvalue weighted by Gasteiger charge is -2.26. The van der Waals surface area contributed by atoms with Gasteiger partial charge in [0.1, 0.15) is 11.5 Å². The molecule has 128 valence electrons. The van der Waals surface area contributed by atoms with Gasteiger partial charge in [0.15, 0.2) is 0 Å². The molecule has 0 aliphatic carbocycles. The zero-order valence-electron chi connectivity index (χ0n) is 14.0. The van der Waals surface area contributed by atoms with Gasteiger partial charge in [-0.3, -0.25) is 4.90 Å². The van der Waals surface area contributed by atoms with Crippen LogP contribution in [0.25, 0.3) is 0 Å². The molecule has 2 aromatic rings. The van der Waals surface area contributed by atoms with E-state index < -0.39 is 0 Å². The molecule has 24 heavy (non-hydrogen) atoms. The van der Waals surface area contributed by atoms with Crippen LogP contribution < -0.4 is 9.47 Å². The van der Waals surface area contributed by atoms with Crippen LogP contribution in [-0.4, -0.2) is 44.5 Å². The van der Waals surface area contributed by atoms with Gasteiger partial charge in [0, 0.05) is 13.1 Å². The van der Waals surface area contributed by atoms with Crippen molar-refractivity contribution < 1.29 is 14.2 Å². The minimum absolute atomic E-state index is 0.227. The second kappa shape index (κ2) is 9.30. The van der Waals surface area contributed by atoms with Crippen LogP contribution >= 0.6 is 0 Å². The number of aryl methyl sites for hydroxylation is 1. The van der Waals surface area contributed by atoms with E-state index in [4.69, 9.17) is 14.2 Å². The predicted molar refractivity (Wildman–Crippen MR) is 94.6 cm³/mol. The smallest absolute Gasteiger partial charge is 0.230 e. The highest BCUT2D eigenvalue weighted by atomic mass is 16.7. The molecule has 4 nitrogen and oxygen atoms in total. The van der Waals surface area contributed by atoms with Gasteiger partial charge < -0.3 is 14.2 Å². The molecule has 1 heterocycles. The molecule has 0 unspecified atom stereocenters. The molecule has 0 amide bonds. The van der Waals surface area contributed by atoms with Crippen molar-refractivity contribution in [2.24, 2.45) is 0 Å². The fraction of sp³-hybridized carbons (Fsp3) is 0.400. The topological polar surface area (TPSA) is 30.9 Å². The molecule has 3 rings (SSSR count).